The number of H-pyrrole nitrogens is 1. The highest BCUT2D eigenvalue weighted by molar-refractivity contribution is 6.36. The van der Waals surface area contributed by atoms with Crippen molar-refractivity contribution in [1.82, 2.24) is 4.98 Å². The summed E-state index contributed by atoms with van der Waals surface area (Å²) in [6.45, 7) is 2.05. The van der Waals surface area contributed by atoms with Crippen LogP contribution < -0.4 is 5.73 Å². The fourth-order valence-corrected chi connectivity index (χ4v) is 3.38. The highest BCUT2D eigenvalue weighted by atomic mass is 35.5. The number of fused-ring (bicyclic) bond motifs is 1. The second-order valence-corrected chi connectivity index (χ2v) is 5.58. The molecule has 3 heteroatoms. The summed E-state index contributed by atoms with van der Waals surface area (Å²) in [7, 11) is 0. The van der Waals surface area contributed by atoms with E-state index in [-0.39, 0.29) is 5.54 Å². The predicted octanol–water partition coefficient (Wildman–Crippen LogP) is 3.86. The molecule has 1 aromatic heterocycles. The van der Waals surface area contributed by atoms with Gasteiger partial charge in [0.2, 0.25) is 0 Å². The summed E-state index contributed by atoms with van der Waals surface area (Å²) in [5.41, 5.74) is 9.62. The van der Waals surface area contributed by atoms with E-state index in [1.54, 1.807) is 0 Å². The minimum absolute atomic E-state index is 0.212. The summed E-state index contributed by atoms with van der Waals surface area (Å²) in [4.78, 5) is 3.30. The maximum Gasteiger partial charge on any atom is 0.0550 e. The van der Waals surface area contributed by atoms with Gasteiger partial charge in [-0.15, -0.1) is 0 Å². The standard InChI is InChI=1S/C14H17ClN2/c1-9-8-10-12(17-9)5-4-11(13(10)15)14(16)6-2-3-7-14/h4-5,8,17H,2-3,6-7,16H2,1H3. The Balaban J connectivity index is 2.20. The van der Waals surface area contributed by atoms with E-state index in [0.29, 0.717) is 0 Å². The second kappa shape index (κ2) is 3.76. The van der Waals surface area contributed by atoms with Gasteiger partial charge >= 0.3 is 0 Å². The number of hydrogen-bond acceptors (Lipinski definition) is 1. The smallest absolute Gasteiger partial charge is 0.0550 e. The van der Waals surface area contributed by atoms with Gasteiger partial charge < -0.3 is 10.7 Å². The van der Waals surface area contributed by atoms with E-state index < -0.39 is 0 Å². The molecule has 1 aromatic carbocycles. The van der Waals surface area contributed by atoms with Crippen molar-refractivity contribution in [2.75, 3.05) is 0 Å². The lowest BCUT2D eigenvalue weighted by Gasteiger charge is -2.25. The van der Waals surface area contributed by atoms with Gasteiger partial charge in [0.15, 0.2) is 0 Å². The molecule has 2 nitrogen and oxygen atoms in total. The number of halogens is 1. The van der Waals surface area contributed by atoms with Crippen LogP contribution in [-0.4, -0.2) is 4.98 Å². The van der Waals surface area contributed by atoms with Gasteiger partial charge in [-0.1, -0.05) is 30.5 Å². The van der Waals surface area contributed by atoms with Gasteiger partial charge in [0, 0.05) is 22.1 Å². The Hall–Kier alpha value is -0.990. The van der Waals surface area contributed by atoms with Gasteiger partial charge in [0.1, 0.15) is 0 Å². The van der Waals surface area contributed by atoms with Crippen LogP contribution in [0.3, 0.4) is 0 Å². The van der Waals surface area contributed by atoms with Crippen LogP contribution in [0.5, 0.6) is 0 Å². The van der Waals surface area contributed by atoms with E-state index in [1.807, 2.05) is 6.92 Å². The van der Waals surface area contributed by atoms with Crippen molar-refractivity contribution in [1.29, 1.82) is 0 Å². The van der Waals surface area contributed by atoms with Crippen molar-refractivity contribution < 1.29 is 0 Å². The first-order chi connectivity index (χ1) is 8.10. The van der Waals surface area contributed by atoms with Crippen LogP contribution in [-0.2, 0) is 5.54 Å². The number of aromatic nitrogens is 1. The molecule has 1 aliphatic carbocycles. The van der Waals surface area contributed by atoms with Crippen LogP contribution in [0.15, 0.2) is 18.2 Å². The number of aromatic amines is 1. The van der Waals surface area contributed by atoms with Gasteiger partial charge in [-0.25, -0.2) is 0 Å². The second-order valence-electron chi connectivity index (χ2n) is 5.20. The molecule has 0 amide bonds. The molecular formula is C14H17ClN2. The summed E-state index contributed by atoms with van der Waals surface area (Å²) >= 11 is 6.52. The molecule has 17 heavy (non-hydrogen) atoms. The van der Waals surface area contributed by atoms with Crippen LogP contribution in [0.2, 0.25) is 5.02 Å². The Morgan fingerprint density at radius 3 is 2.71 bits per heavy atom. The minimum atomic E-state index is -0.212. The molecule has 2 aromatic rings. The molecule has 1 heterocycles. The molecular weight excluding hydrogens is 232 g/mol. The molecule has 1 aliphatic rings. The van der Waals surface area contributed by atoms with Crippen molar-refractivity contribution in [3.05, 3.63) is 34.5 Å². The molecule has 0 spiro atoms. The molecule has 3 rings (SSSR count). The molecule has 0 unspecified atom stereocenters. The molecule has 1 saturated carbocycles. The number of rotatable bonds is 1. The number of nitrogens with two attached hydrogens (primary N) is 1. The zero-order valence-electron chi connectivity index (χ0n) is 10.0. The maximum absolute atomic E-state index is 6.52. The Bertz CT molecular complexity index is 565. The quantitative estimate of drug-likeness (QED) is 0.791. The van der Waals surface area contributed by atoms with Gasteiger partial charge in [0.25, 0.3) is 0 Å². The minimum Gasteiger partial charge on any atom is -0.359 e. The predicted molar refractivity (Wildman–Crippen MR) is 72.4 cm³/mol. The zero-order valence-corrected chi connectivity index (χ0v) is 10.8. The summed E-state index contributed by atoms with van der Waals surface area (Å²) < 4.78 is 0. The Labute approximate surface area is 106 Å². The largest absolute Gasteiger partial charge is 0.359 e. The summed E-state index contributed by atoms with van der Waals surface area (Å²) in [6, 6.07) is 6.28. The average molecular weight is 249 g/mol. The van der Waals surface area contributed by atoms with Crippen molar-refractivity contribution in [2.45, 2.75) is 38.1 Å². The first kappa shape index (κ1) is 11.1. The molecule has 90 valence electrons. The lowest BCUT2D eigenvalue weighted by molar-refractivity contribution is 0.462. The topological polar surface area (TPSA) is 41.8 Å². The number of benzene rings is 1. The van der Waals surface area contributed by atoms with Gasteiger partial charge in [-0.05, 0) is 37.5 Å². The van der Waals surface area contributed by atoms with Gasteiger partial charge in [0.05, 0.1) is 5.02 Å². The Kier molecular flexibility index (Phi) is 2.46. The first-order valence-electron chi connectivity index (χ1n) is 6.17. The fraction of sp³-hybridized carbons (Fsp3) is 0.429. The highest BCUT2D eigenvalue weighted by Crippen LogP contribution is 2.41. The van der Waals surface area contributed by atoms with Crippen LogP contribution >= 0.6 is 11.6 Å². The third-order valence-electron chi connectivity index (χ3n) is 3.90. The monoisotopic (exact) mass is 248 g/mol. The summed E-state index contributed by atoms with van der Waals surface area (Å²) in [6.07, 6.45) is 4.50. The fourth-order valence-electron chi connectivity index (χ4n) is 2.97. The maximum atomic E-state index is 6.52. The molecule has 0 atom stereocenters. The lowest BCUT2D eigenvalue weighted by atomic mass is 9.88. The number of hydrogen-bond donors (Lipinski definition) is 2. The SMILES string of the molecule is Cc1cc2c(Cl)c(C3(N)CCCC3)ccc2[nH]1. The average Bonchev–Trinajstić information content (AvgIpc) is 2.85. The molecule has 0 saturated heterocycles. The normalized spacial score (nSPS) is 19.0. The van der Waals surface area contributed by atoms with E-state index in [9.17, 15) is 0 Å². The van der Waals surface area contributed by atoms with E-state index >= 15 is 0 Å². The van der Waals surface area contributed by atoms with Gasteiger partial charge in [-0.3, -0.25) is 0 Å². The Morgan fingerprint density at radius 1 is 1.29 bits per heavy atom. The highest BCUT2D eigenvalue weighted by Gasteiger charge is 2.33. The molecule has 0 bridgehead atoms. The van der Waals surface area contributed by atoms with Crippen molar-refractivity contribution in [2.24, 2.45) is 5.73 Å². The molecule has 0 aliphatic heterocycles. The van der Waals surface area contributed by atoms with Crippen molar-refractivity contribution >= 4 is 22.5 Å². The molecule has 0 radical (unpaired) electrons. The number of aryl methyl sites for hydroxylation is 1. The number of nitrogens with one attached hydrogen (secondary N) is 1. The van der Waals surface area contributed by atoms with Crippen LogP contribution in [0.25, 0.3) is 10.9 Å². The van der Waals surface area contributed by atoms with E-state index in [0.717, 1.165) is 40.0 Å². The van der Waals surface area contributed by atoms with E-state index in [4.69, 9.17) is 17.3 Å². The van der Waals surface area contributed by atoms with Crippen LogP contribution in [0.1, 0.15) is 36.9 Å². The Morgan fingerprint density at radius 2 is 2.00 bits per heavy atom. The third kappa shape index (κ3) is 1.67. The van der Waals surface area contributed by atoms with E-state index in [1.165, 1.54) is 12.8 Å². The summed E-state index contributed by atoms with van der Waals surface area (Å²) in [5, 5.41) is 1.93. The van der Waals surface area contributed by atoms with E-state index in [2.05, 4.69) is 23.2 Å². The van der Waals surface area contributed by atoms with Crippen molar-refractivity contribution in [3.63, 3.8) is 0 Å². The first-order valence-corrected chi connectivity index (χ1v) is 6.55. The van der Waals surface area contributed by atoms with Crippen molar-refractivity contribution in [3.8, 4) is 0 Å². The third-order valence-corrected chi connectivity index (χ3v) is 4.31. The van der Waals surface area contributed by atoms with Crippen LogP contribution in [0.4, 0.5) is 0 Å². The molecule has 1 fully saturated rings. The zero-order chi connectivity index (χ0) is 12.0. The lowest BCUT2D eigenvalue weighted by Crippen LogP contribution is -2.33. The molecule has 3 N–H and O–H groups in total. The van der Waals surface area contributed by atoms with Gasteiger partial charge in [-0.2, -0.15) is 0 Å². The summed E-state index contributed by atoms with van der Waals surface area (Å²) in [5.74, 6) is 0. The van der Waals surface area contributed by atoms with Crippen LogP contribution in [0, 0.1) is 6.92 Å².